The third kappa shape index (κ3) is 3.99. The van der Waals surface area contributed by atoms with E-state index in [0.29, 0.717) is 22.2 Å². The number of likely N-dealkylation sites (N-methyl/N-ethyl adjacent to an activating group) is 1. The van der Waals surface area contributed by atoms with Crippen LogP contribution in [0.15, 0.2) is 48.8 Å². The molecule has 0 bridgehead atoms. The Labute approximate surface area is 148 Å². The highest BCUT2D eigenvalue weighted by Crippen LogP contribution is 2.21. The summed E-state index contributed by atoms with van der Waals surface area (Å²) >= 11 is 5.37. The van der Waals surface area contributed by atoms with E-state index < -0.39 is 0 Å². The van der Waals surface area contributed by atoms with Gasteiger partial charge in [-0.3, -0.25) is 0 Å². The molecule has 1 aromatic carbocycles. The third-order valence-corrected chi connectivity index (χ3v) is 4.22. The van der Waals surface area contributed by atoms with Crippen LogP contribution in [-0.2, 0) is 6.61 Å². The van der Waals surface area contributed by atoms with Crippen molar-refractivity contribution < 1.29 is 14.8 Å². The molecular weight excluding hydrogens is 320 g/mol. The van der Waals surface area contributed by atoms with Gasteiger partial charge < -0.3 is 15.5 Å². The van der Waals surface area contributed by atoms with Crippen molar-refractivity contribution in [3.05, 3.63) is 65.5 Å². The predicted octanol–water partition coefficient (Wildman–Crippen LogP) is 3.02. The van der Waals surface area contributed by atoms with Crippen LogP contribution in [0.1, 0.15) is 36.5 Å². The van der Waals surface area contributed by atoms with E-state index in [9.17, 15) is 10.2 Å². The fourth-order valence-corrected chi connectivity index (χ4v) is 2.59. The molecule has 4 nitrogen and oxygen atoms in total. The second-order valence-corrected chi connectivity index (χ2v) is 6.24. The Bertz CT molecular complexity index is 752. The van der Waals surface area contributed by atoms with E-state index in [1.807, 2.05) is 30.3 Å². The molecule has 0 saturated heterocycles. The van der Waals surface area contributed by atoms with Crippen LogP contribution in [-0.4, -0.2) is 22.2 Å². The average molecular weight is 343 g/mol. The van der Waals surface area contributed by atoms with Gasteiger partial charge in [-0.1, -0.05) is 50.3 Å². The van der Waals surface area contributed by atoms with Crippen molar-refractivity contribution in [3.63, 3.8) is 0 Å². The summed E-state index contributed by atoms with van der Waals surface area (Å²) < 4.78 is 1.72. The predicted molar refractivity (Wildman–Crippen MR) is 100 cm³/mol. The molecular formula is C19H23N2O2S+. The molecule has 0 aliphatic rings. The topological polar surface area (TPSA) is 56.4 Å². The Hall–Kier alpha value is -2.24. The van der Waals surface area contributed by atoms with Gasteiger partial charge in [-0.2, -0.15) is 4.57 Å². The molecule has 0 amide bonds. The largest absolute Gasteiger partial charge is 0.502 e. The van der Waals surface area contributed by atoms with Crippen LogP contribution in [0.2, 0.25) is 0 Å². The number of aromatic nitrogens is 1. The van der Waals surface area contributed by atoms with E-state index in [0.717, 1.165) is 5.56 Å². The zero-order valence-corrected chi connectivity index (χ0v) is 15.0. The van der Waals surface area contributed by atoms with Crippen LogP contribution in [0.5, 0.6) is 0 Å². The highest BCUT2D eigenvalue weighted by atomic mass is 32.1. The maximum atomic E-state index is 10.8. The Balaban J connectivity index is 2.55. The van der Waals surface area contributed by atoms with Crippen molar-refractivity contribution >= 4 is 28.7 Å². The molecule has 1 aromatic heterocycles. The number of hydrogen-bond acceptors (Lipinski definition) is 3. The zero-order chi connectivity index (χ0) is 17.7. The van der Waals surface area contributed by atoms with Gasteiger partial charge in [-0.05, 0) is 17.5 Å². The Morgan fingerprint density at radius 1 is 1.21 bits per heavy atom. The quantitative estimate of drug-likeness (QED) is 0.338. The molecule has 2 aromatic rings. The Morgan fingerprint density at radius 2 is 1.88 bits per heavy atom. The van der Waals surface area contributed by atoms with Gasteiger partial charge in [0.2, 0.25) is 0 Å². The summed E-state index contributed by atoms with van der Waals surface area (Å²) in [6.07, 6.45) is 3.54. The molecule has 0 spiro atoms. The van der Waals surface area contributed by atoms with Crippen molar-refractivity contribution in [2.24, 2.45) is 0 Å². The van der Waals surface area contributed by atoms with Gasteiger partial charge in [-0.15, -0.1) is 0 Å². The number of benzene rings is 1. The van der Waals surface area contributed by atoms with E-state index in [2.05, 4.69) is 19.2 Å². The number of aliphatic hydroxyl groups excluding tert-OH is 2. The Kier molecular flexibility index (Phi) is 6.06. The molecule has 0 unspecified atom stereocenters. The minimum absolute atomic E-state index is 0.0791. The Morgan fingerprint density at radius 3 is 2.42 bits per heavy atom. The summed E-state index contributed by atoms with van der Waals surface area (Å²) in [4.78, 5) is 0.417. The number of rotatable bonds is 5. The molecule has 0 saturated carbocycles. The van der Waals surface area contributed by atoms with Gasteiger partial charge in [0.05, 0.1) is 6.61 Å². The van der Waals surface area contributed by atoms with Gasteiger partial charge in [-0.25, -0.2) is 0 Å². The van der Waals surface area contributed by atoms with Gasteiger partial charge in [0.1, 0.15) is 0 Å². The lowest BCUT2D eigenvalue weighted by molar-refractivity contribution is -0.576. The van der Waals surface area contributed by atoms with Crippen molar-refractivity contribution in [2.75, 3.05) is 7.05 Å². The van der Waals surface area contributed by atoms with E-state index in [4.69, 9.17) is 12.2 Å². The summed E-state index contributed by atoms with van der Waals surface area (Å²) in [6, 6.07) is 11.4. The molecule has 2 rings (SSSR count). The van der Waals surface area contributed by atoms with Crippen LogP contribution < -0.4 is 9.88 Å². The first-order valence-electron chi connectivity index (χ1n) is 7.85. The van der Waals surface area contributed by atoms with Gasteiger partial charge >= 0.3 is 0 Å². The van der Waals surface area contributed by atoms with Gasteiger partial charge in [0, 0.05) is 24.2 Å². The zero-order valence-electron chi connectivity index (χ0n) is 14.2. The molecule has 126 valence electrons. The van der Waals surface area contributed by atoms with Crippen molar-refractivity contribution in [2.45, 2.75) is 26.4 Å². The lowest BCUT2D eigenvalue weighted by Gasteiger charge is -2.09. The molecule has 0 radical (unpaired) electrons. The monoisotopic (exact) mass is 343 g/mol. The molecule has 0 aliphatic heterocycles. The second-order valence-electron chi connectivity index (χ2n) is 5.83. The maximum Gasteiger partial charge on any atom is 0.287 e. The second kappa shape index (κ2) is 8.04. The summed E-state index contributed by atoms with van der Waals surface area (Å²) in [5, 5.41) is 23.0. The lowest BCUT2D eigenvalue weighted by Crippen LogP contribution is -2.40. The van der Waals surface area contributed by atoms with Crippen molar-refractivity contribution in [1.29, 1.82) is 0 Å². The minimum atomic E-state index is -0.0791. The molecule has 0 fully saturated rings. The molecule has 24 heavy (non-hydrogen) atoms. The van der Waals surface area contributed by atoms with E-state index in [1.165, 1.54) is 5.56 Å². The van der Waals surface area contributed by atoms with Crippen LogP contribution >= 0.6 is 12.2 Å². The molecule has 0 aliphatic carbocycles. The number of nitrogens with one attached hydrogen (secondary N) is 1. The van der Waals surface area contributed by atoms with Crippen LogP contribution in [0.3, 0.4) is 0 Å². The maximum absolute atomic E-state index is 10.8. The third-order valence-electron chi connectivity index (χ3n) is 3.82. The SMILES string of the molecule is CNC(=S)/C(=C(/O)c1ccc(C(C)C)cc1)[n+]1cccc(CO)c1. The fraction of sp³-hybridized carbons (Fsp3) is 0.263. The summed E-state index contributed by atoms with van der Waals surface area (Å²) in [7, 11) is 1.72. The number of hydrogen-bond donors (Lipinski definition) is 3. The highest BCUT2D eigenvalue weighted by Gasteiger charge is 2.23. The minimum Gasteiger partial charge on any atom is -0.502 e. The molecule has 1 heterocycles. The average Bonchev–Trinajstić information content (AvgIpc) is 2.61. The van der Waals surface area contributed by atoms with E-state index in [-0.39, 0.29) is 12.4 Å². The standard InChI is InChI=1S/C19H22N2O2S/c1-13(2)15-6-8-16(9-7-15)18(23)17(19(24)20-3)21-10-4-5-14(11-21)12-22/h4-11,13,22H,12H2,1-3H3,(H-,20,23,24)/p+1. The molecule has 3 N–H and O–H groups in total. The van der Waals surface area contributed by atoms with Gasteiger partial charge in [0.25, 0.3) is 5.70 Å². The van der Waals surface area contributed by atoms with E-state index >= 15 is 0 Å². The van der Waals surface area contributed by atoms with Crippen LogP contribution in [0.25, 0.3) is 11.5 Å². The number of thiocarbonyl (C=S) groups is 1. The first-order chi connectivity index (χ1) is 11.5. The fourth-order valence-electron chi connectivity index (χ4n) is 2.38. The van der Waals surface area contributed by atoms with Crippen LogP contribution in [0.4, 0.5) is 0 Å². The van der Waals surface area contributed by atoms with E-state index in [1.54, 1.807) is 30.1 Å². The normalized spacial score (nSPS) is 12.0. The number of nitrogens with zero attached hydrogens (tertiary/aromatic N) is 1. The van der Waals surface area contributed by atoms with Crippen molar-refractivity contribution in [1.82, 2.24) is 5.32 Å². The first-order valence-corrected chi connectivity index (χ1v) is 8.25. The summed E-state index contributed by atoms with van der Waals surface area (Å²) in [5.74, 6) is 0.517. The lowest BCUT2D eigenvalue weighted by atomic mass is 10.0. The first kappa shape index (κ1) is 18.1. The van der Waals surface area contributed by atoms with Crippen molar-refractivity contribution in [3.8, 4) is 0 Å². The number of aliphatic hydroxyl groups is 2. The van der Waals surface area contributed by atoms with Gasteiger partial charge in [0.15, 0.2) is 23.1 Å². The smallest absolute Gasteiger partial charge is 0.287 e. The molecule has 5 heteroatoms. The highest BCUT2D eigenvalue weighted by molar-refractivity contribution is 7.81. The summed E-state index contributed by atoms with van der Waals surface area (Å²) in [6.45, 7) is 4.18. The molecule has 0 atom stereocenters. The summed E-state index contributed by atoms with van der Waals surface area (Å²) in [5.41, 5.74) is 3.10. The number of pyridine rings is 1. The van der Waals surface area contributed by atoms with Crippen LogP contribution in [0, 0.1) is 0 Å².